The Morgan fingerprint density at radius 3 is 2.74 bits per heavy atom. The van der Waals surface area contributed by atoms with Crippen LogP contribution in [-0.2, 0) is 10.0 Å². The number of allylic oxidation sites excluding steroid dienone is 1. The van der Waals surface area contributed by atoms with Gasteiger partial charge in [0.1, 0.15) is 11.4 Å². The maximum Gasteiger partial charge on any atom is 0.232 e. The quantitative estimate of drug-likeness (QED) is 0.597. The zero-order valence-corrected chi connectivity index (χ0v) is 19.0. The summed E-state index contributed by atoms with van der Waals surface area (Å²) in [6.07, 6.45) is 7.86. The highest BCUT2D eigenvalue weighted by atomic mass is 35.5. The number of halogens is 2. The molecule has 1 N–H and O–H groups in total. The number of anilines is 2. The fraction of sp³-hybridized carbons (Fsp3) is 0.333. The van der Waals surface area contributed by atoms with Gasteiger partial charge in [-0.15, -0.1) is 0 Å². The monoisotopic (exact) mass is 466 g/mol. The van der Waals surface area contributed by atoms with Gasteiger partial charge in [-0.2, -0.15) is 5.10 Å². The number of pyridine rings is 1. The van der Waals surface area contributed by atoms with Crippen LogP contribution < -0.4 is 14.5 Å². The van der Waals surface area contributed by atoms with Crippen LogP contribution in [0.2, 0.25) is 5.02 Å². The molecular formula is C21H24ClFN4O3S. The van der Waals surface area contributed by atoms with Crippen LogP contribution in [0.15, 0.2) is 41.9 Å². The number of hydrogen-bond donors (Lipinski definition) is 1. The van der Waals surface area contributed by atoms with Crippen LogP contribution in [0.5, 0.6) is 5.75 Å². The molecule has 1 aromatic heterocycles. The summed E-state index contributed by atoms with van der Waals surface area (Å²) in [6, 6.07) is 4.57. The van der Waals surface area contributed by atoms with Crippen molar-refractivity contribution in [3.8, 4) is 5.75 Å². The molecule has 0 aliphatic carbocycles. The van der Waals surface area contributed by atoms with Crippen LogP contribution in [0.4, 0.5) is 15.8 Å². The topological polar surface area (TPSA) is 83.9 Å². The predicted octanol–water partition coefficient (Wildman–Crippen LogP) is 4.91. The number of methoxy groups -OCH3 is 1. The van der Waals surface area contributed by atoms with Gasteiger partial charge >= 0.3 is 0 Å². The van der Waals surface area contributed by atoms with E-state index >= 15 is 4.39 Å². The first-order valence-corrected chi connectivity index (χ1v) is 11.9. The predicted molar refractivity (Wildman–Crippen MR) is 123 cm³/mol. The summed E-state index contributed by atoms with van der Waals surface area (Å²) in [7, 11) is -2.11. The highest BCUT2D eigenvalue weighted by Gasteiger charge is 2.25. The lowest BCUT2D eigenvalue weighted by Crippen LogP contribution is -2.22. The van der Waals surface area contributed by atoms with E-state index in [4.69, 9.17) is 16.3 Å². The molecule has 31 heavy (non-hydrogen) atoms. The van der Waals surface area contributed by atoms with E-state index in [0.717, 1.165) is 17.6 Å². The number of nitrogens with zero attached hydrogens (tertiary/aromatic N) is 3. The molecule has 0 amide bonds. The molecule has 2 aromatic rings. The molecule has 1 unspecified atom stereocenters. The molecule has 7 nitrogen and oxygen atoms in total. The van der Waals surface area contributed by atoms with E-state index in [1.165, 1.54) is 17.1 Å². The molecular weight excluding hydrogens is 443 g/mol. The second-order valence-electron chi connectivity index (χ2n) is 7.00. The highest BCUT2D eigenvalue weighted by molar-refractivity contribution is 7.92. The molecule has 1 aliphatic heterocycles. The summed E-state index contributed by atoms with van der Waals surface area (Å²) < 4.78 is 47.1. The van der Waals surface area contributed by atoms with Crippen molar-refractivity contribution < 1.29 is 17.5 Å². The molecule has 0 fully saturated rings. The first-order valence-electron chi connectivity index (χ1n) is 9.82. The molecule has 0 saturated carbocycles. The molecule has 0 spiro atoms. The van der Waals surface area contributed by atoms with Crippen molar-refractivity contribution >= 4 is 44.8 Å². The van der Waals surface area contributed by atoms with E-state index in [-0.39, 0.29) is 28.1 Å². The van der Waals surface area contributed by atoms with Crippen molar-refractivity contribution in [2.75, 3.05) is 22.6 Å². The molecule has 1 atom stereocenters. The first kappa shape index (κ1) is 23.0. The SMILES string of the molecule is CCCS(=O)(=O)Nc1ccc(Cl)c(N2C=C(c3cncc(OC)c3)C(CC)C=N2)c1F. The van der Waals surface area contributed by atoms with Crippen LogP contribution in [-0.4, -0.2) is 32.5 Å². The van der Waals surface area contributed by atoms with Crippen LogP contribution in [0.1, 0.15) is 32.3 Å². The van der Waals surface area contributed by atoms with Crippen molar-refractivity contribution in [1.29, 1.82) is 0 Å². The van der Waals surface area contributed by atoms with Crippen molar-refractivity contribution in [3.05, 3.63) is 53.2 Å². The Labute approximate surface area is 186 Å². The lowest BCUT2D eigenvalue weighted by molar-refractivity contribution is 0.412. The molecule has 0 radical (unpaired) electrons. The number of aromatic nitrogens is 1. The Kier molecular flexibility index (Phi) is 7.17. The maximum atomic E-state index is 15.3. The van der Waals surface area contributed by atoms with Gasteiger partial charge in [0.25, 0.3) is 0 Å². The van der Waals surface area contributed by atoms with Gasteiger partial charge < -0.3 is 4.74 Å². The average Bonchev–Trinajstić information content (AvgIpc) is 2.75. The molecule has 0 saturated heterocycles. The number of sulfonamides is 1. The fourth-order valence-electron chi connectivity index (χ4n) is 3.24. The zero-order valence-electron chi connectivity index (χ0n) is 17.5. The lowest BCUT2D eigenvalue weighted by atomic mass is 9.92. The van der Waals surface area contributed by atoms with Crippen LogP contribution in [0.3, 0.4) is 0 Å². The van der Waals surface area contributed by atoms with E-state index in [9.17, 15) is 8.42 Å². The molecule has 1 aliphatic rings. The lowest BCUT2D eigenvalue weighted by Gasteiger charge is -2.27. The van der Waals surface area contributed by atoms with E-state index in [1.807, 2.05) is 13.0 Å². The van der Waals surface area contributed by atoms with Gasteiger partial charge in [-0.25, -0.2) is 17.8 Å². The van der Waals surface area contributed by atoms with Crippen molar-refractivity contribution in [1.82, 2.24) is 4.98 Å². The van der Waals surface area contributed by atoms with Crippen LogP contribution in [0.25, 0.3) is 5.57 Å². The van der Waals surface area contributed by atoms with Gasteiger partial charge in [-0.3, -0.25) is 9.71 Å². The van der Waals surface area contributed by atoms with Gasteiger partial charge in [-0.05, 0) is 36.6 Å². The number of hydrogen-bond acceptors (Lipinski definition) is 6. The largest absolute Gasteiger partial charge is 0.495 e. The van der Waals surface area contributed by atoms with E-state index < -0.39 is 15.8 Å². The maximum absolute atomic E-state index is 15.3. The van der Waals surface area contributed by atoms with Gasteiger partial charge in [0.2, 0.25) is 10.0 Å². The summed E-state index contributed by atoms with van der Waals surface area (Å²) in [6.45, 7) is 3.75. The molecule has 3 rings (SSSR count). The minimum Gasteiger partial charge on any atom is -0.495 e. The van der Waals surface area contributed by atoms with Gasteiger partial charge in [-0.1, -0.05) is 25.4 Å². The third kappa shape index (κ3) is 5.16. The summed E-state index contributed by atoms with van der Waals surface area (Å²) in [5, 5.41) is 5.76. The van der Waals surface area contributed by atoms with E-state index in [2.05, 4.69) is 14.8 Å². The van der Waals surface area contributed by atoms with Crippen molar-refractivity contribution in [2.45, 2.75) is 26.7 Å². The number of benzene rings is 1. The Hall–Kier alpha value is -2.65. The standard InChI is InChI=1S/C21H24ClFN4O3S/c1-4-8-31(28,29)26-19-7-6-18(22)21(20(19)23)27-13-17(14(5-2)11-25-27)15-9-16(30-3)12-24-10-15/h6-7,9-14,26H,4-5,8H2,1-3H3. The molecule has 166 valence electrons. The molecule has 0 bridgehead atoms. The fourth-order valence-corrected chi connectivity index (χ4v) is 4.60. The third-order valence-electron chi connectivity index (χ3n) is 4.79. The second-order valence-corrected chi connectivity index (χ2v) is 9.25. The van der Waals surface area contributed by atoms with E-state index in [1.54, 1.807) is 38.8 Å². The van der Waals surface area contributed by atoms with Gasteiger partial charge in [0.05, 0.1) is 29.8 Å². The number of ether oxygens (including phenoxy) is 1. The number of hydrazone groups is 1. The highest BCUT2D eigenvalue weighted by Crippen LogP contribution is 2.38. The zero-order chi connectivity index (χ0) is 22.6. The second kappa shape index (κ2) is 9.65. The average molecular weight is 467 g/mol. The smallest absolute Gasteiger partial charge is 0.232 e. The van der Waals surface area contributed by atoms with Crippen LogP contribution >= 0.6 is 11.6 Å². The third-order valence-corrected chi connectivity index (χ3v) is 6.57. The summed E-state index contributed by atoms with van der Waals surface area (Å²) >= 11 is 6.28. The minimum absolute atomic E-state index is 0.0155. The van der Waals surface area contributed by atoms with E-state index in [0.29, 0.717) is 12.2 Å². The molecule has 1 aromatic carbocycles. The molecule has 10 heteroatoms. The molecule has 2 heterocycles. The van der Waals surface area contributed by atoms with Crippen molar-refractivity contribution in [3.63, 3.8) is 0 Å². The normalized spacial score (nSPS) is 16.2. The minimum atomic E-state index is -3.67. The summed E-state index contributed by atoms with van der Waals surface area (Å²) in [5.74, 6) is -0.340. The Bertz CT molecular complexity index is 1120. The van der Waals surface area contributed by atoms with Gasteiger partial charge in [0.15, 0.2) is 5.82 Å². The summed E-state index contributed by atoms with van der Waals surface area (Å²) in [5.41, 5.74) is 1.44. The number of nitrogens with one attached hydrogen (secondary N) is 1. The first-order chi connectivity index (χ1) is 14.8. The Morgan fingerprint density at radius 1 is 1.29 bits per heavy atom. The number of rotatable bonds is 8. The van der Waals surface area contributed by atoms with Crippen LogP contribution in [0, 0.1) is 11.7 Å². The van der Waals surface area contributed by atoms with Crippen molar-refractivity contribution in [2.24, 2.45) is 11.0 Å². The summed E-state index contributed by atoms with van der Waals surface area (Å²) in [4.78, 5) is 4.20. The Balaban J connectivity index is 2.05. The Morgan fingerprint density at radius 2 is 2.06 bits per heavy atom. The van der Waals surface area contributed by atoms with Gasteiger partial charge in [0, 0.05) is 30.1 Å².